The van der Waals surface area contributed by atoms with Gasteiger partial charge in [-0.25, -0.2) is 0 Å². The van der Waals surface area contributed by atoms with Crippen molar-refractivity contribution in [2.75, 3.05) is 6.61 Å². The van der Waals surface area contributed by atoms with Crippen LogP contribution in [-0.2, 0) is 14.3 Å². The summed E-state index contributed by atoms with van der Waals surface area (Å²) < 4.78 is 5.96. The first-order valence-corrected chi connectivity index (χ1v) is 29.2. The third kappa shape index (κ3) is 48.5. The molecule has 0 aliphatic heterocycles. The number of aliphatic hydroxyl groups excluding tert-OH is 2. The SMILES string of the molecule is CCCCC/C=C\C/C=C\CCCCCCCC(CC(=O)NC(CO)C(O)CCCCCCCCCCCCCCCCC)OC(=O)CCCCCCCCC/C=C/CCCCCCCC. The molecule has 3 atom stereocenters. The Bertz CT molecular complexity index is 1090. The Hall–Kier alpha value is -1.92. The molecule has 0 aliphatic carbocycles. The predicted molar refractivity (Wildman–Crippen MR) is 287 cm³/mol. The highest BCUT2D eigenvalue weighted by molar-refractivity contribution is 5.77. The quantitative estimate of drug-likeness (QED) is 0.0321. The maximum Gasteiger partial charge on any atom is 0.306 e. The highest BCUT2D eigenvalue weighted by atomic mass is 16.5. The van der Waals surface area contributed by atoms with Gasteiger partial charge in [0.25, 0.3) is 0 Å². The van der Waals surface area contributed by atoms with Crippen LogP contribution < -0.4 is 5.32 Å². The summed E-state index contributed by atoms with van der Waals surface area (Å²) in [6.07, 6.45) is 64.9. The molecule has 388 valence electrons. The second-order valence-corrected chi connectivity index (χ2v) is 20.0. The van der Waals surface area contributed by atoms with Crippen LogP contribution in [0, 0.1) is 0 Å². The van der Waals surface area contributed by atoms with Crippen LogP contribution in [0.25, 0.3) is 0 Å². The van der Waals surface area contributed by atoms with Crippen LogP contribution in [-0.4, -0.2) is 46.9 Å². The summed E-state index contributed by atoms with van der Waals surface area (Å²) >= 11 is 0. The fraction of sp³-hybridized carbons (Fsp3) is 0.867. The number of carbonyl (C=O) groups excluding carboxylic acids is 2. The van der Waals surface area contributed by atoms with Crippen molar-refractivity contribution in [3.05, 3.63) is 36.5 Å². The average molecular weight is 929 g/mol. The minimum absolute atomic E-state index is 0.0694. The molecule has 0 radical (unpaired) electrons. The molecule has 6 nitrogen and oxygen atoms in total. The minimum Gasteiger partial charge on any atom is -0.462 e. The van der Waals surface area contributed by atoms with Crippen LogP contribution in [0.5, 0.6) is 0 Å². The molecule has 3 unspecified atom stereocenters. The van der Waals surface area contributed by atoms with E-state index in [4.69, 9.17) is 4.74 Å². The standard InChI is InChI=1S/C60H113NO5/c1-4-7-10-13-16-19-22-25-28-29-32-35-38-41-44-47-50-53-60(65)66-56(51-48-45-42-39-36-33-30-26-23-20-17-14-11-8-5-2)54-59(64)61-57(55-62)58(63)52-49-46-43-40-37-34-31-27-24-21-18-15-12-9-6-3/h17,20,25-26,28,30,56-58,62-63H,4-16,18-19,21-24,27,29,31-55H2,1-3H3,(H,61,64)/b20-17-,28-25+,30-26-. The van der Waals surface area contributed by atoms with E-state index in [0.29, 0.717) is 19.3 Å². The lowest BCUT2D eigenvalue weighted by Crippen LogP contribution is -2.46. The summed E-state index contributed by atoms with van der Waals surface area (Å²) in [5, 5.41) is 23.9. The molecule has 0 aromatic rings. The Kier molecular flexibility index (Phi) is 52.5. The molecule has 3 N–H and O–H groups in total. The van der Waals surface area contributed by atoms with Crippen molar-refractivity contribution in [1.29, 1.82) is 0 Å². The molecule has 0 saturated carbocycles. The Morgan fingerprint density at radius 1 is 0.439 bits per heavy atom. The molecule has 0 aromatic carbocycles. The van der Waals surface area contributed by atoms with Crippen molar-refractivity contribution in [1.82, 2.24) is 5.32 Å². The van der Waals surface area contributed by atoms with Gasteiger partial charge in [-0.15, -0.1) is 0 Å². The highest BCUT2D eigenvalue weighted by Gasteiger charge is 2.24. The Morgan fingerprint density at radius 3 is 1.20 bits per heavy atom. The number of ether oxygens (including phenoxy) is 1. The molecule has 6 heteroatoms. The molecule has 0 aliphatic rings. The molecule has 66 heavy (non-hydrogen) atoms. The van der Waals surface area contributed by atoms with Crippen molar-refractivity contribution < 1.29 is 24.5 Å². The normalized spacial score (nSPS) is 13.3. The fourth-order valence-corrected chi connectivity index (χ4v) is 8.99. The number of unbranched alkanes of at least 4 members (excludes halogenated alkanes) is 35. The van der Waals surface area contributed by atoms with E-state index in [9.17, 15) is 19.8 Å². The van der Waals surface area contributed by atoms with Gasteiger partial charge in [0.15, 0.2) is 0 Å². The van der Waals surface area contributed by atoms with Crippen LogP contribution in [0.15, 0.2) is 36.5 Å². The zero-order valence-corrected chi connectivity index (χ0v) is 44.3. The minimum atomic E-state index is -0.791. The molecular weight excluding hydrogens is 815 g/mol. The molecule has 0 rings (SSSR count). The Balaban J connectivity index is 4.55. The maximum absolute atomic E-state index is 13.3. The molecule has 0 bridgehead atoms. The predicted octanol–water partition coefficient (Wildman–Crippen LogP) is 18.0. The number of nitrogens with one attached hydrogen (secondary N) is 1. The van der Waals surface area contributed by atoms with Gasteiger partial charge < -0.3 is 20.3 Å². The van der Waals surface area contributed by atoms with Gasteiger partial charge in [-0.05, 0) is 83.5 Å². The number of hydrogen-bond acceptors (Lipinski definition) is 5. The molecular formula is C60H113NO5. The Morgan fingerprint density at radius 2 is 0.773 bits per heavy atom. The lowest BCUT2D eigenvalue weighted by Gasteiger charge is -2.24. The van der Waals surface area contributed by atoms with Crippen molar-refractivity contribution >= 4 is 11.9 Å². The summed E-state index contributed by atoms with van der Waals surface area (Å²) in [6.45, 7) is 6.48. The lowest BCUT2D eigenvalue weighted by molar-refractivity contribution is -0.151. The van der Waals surface area contributed by atoms with E-state index in [-0.39, 0.29) is 24.9 Å². The molecule has 0 saturated heterocycles. The van der Waals surface area contributed by atoms with Gasteiger partial charge in [0.2, 0.25) is 5.91 Å². The van der Waals surface area contributed by atoms with Gasteiger partial charge >= 0.3 is 5.97 Å². The van der Waals surface area contributed by atoms with E-state index in [2.05, 4.69) is 62.5 Å². The monoisotopic (exact) mass is 928 g/mol. The van der Waals surface area contributed by atoms with Crippen LogP contribution in [0.1, 0.15) is 310 Å². The molecule has 0 spiro atoms. The van der Waals surface area contributed by atoms with E-state index in [0.717, 1.165) is 64.2 Å². The number of allylic oxidation sites excluding steroid dienone is 6. The molecule has 0 heterocycles. The van der Waals surface area contributed by atoms with Gasteiger partial charge in [0, 0.05) is 6.42 Å². The molecule has 0 aromatic heterocycles. The lowest BCUT2D eigenvalue weighted by atomic mass is 10.0. The largest absolute Gasteiger partial charge is 0.462 e. The number of aliphatic hydroxyl groups is 2. The third-order valence-electron chi connectivity index (χ3n) is 13.4. The summed E-state index contributed by atoms with van der Waals surface area (Å²) in [4.78, 5) is 26.3. The smallest absolute Gasteiger partial charge is 0.306 e. The number of hydrogen-bond donors (Lipinski definition) is 3. The van der Waals surface area contributed by atoms with Gasteiger partial charge in [-0.3, -0.25) is 9.59 Å². The number of rotatable bonds is 53. The third-order valence-corrected chi connectivity index (χ3v) is 13.4. The Labute approximate surface area is 411 Å². The zero-order chi connectivity index (χ0) is 48.1. The van der Waals surface area contributed by atoms with Gasteiger partial charge in [0.05, 0.1) is 25.2 Å². The summed E-state index contributed by atoms with van der Waals surface area (Å²) in [7, 11) is 0. The zero-order valence-electron chi connectivity index (χ0n) is 44.3. The van der Waals surface area contributed by atoms with E-state index < -0.39 is 18.2 Å². The van der Waals surface area contributed by atoms with Crippen molar-refractivity contribution in [3.8, 4) is 0 Å². The van der Waals surface area contributed by atoms with Crippen LogP contribution >= 0.6 is 0 Å². The first kappa shape index (κ1) is 64.1. The van der Waals surface area contributed by atoms with E-state index in [1.165, 1.54) is 199 Å². The van der Waals surface area contributed by atoms with Crippen LogP contribution in [0.4, 0.5) is 0 Å². The van der Waals surface area contributed by atoms with Crippen LogP contribution in [0.2, 0.25) is 0 Å². The van der Waals surface area contributed by atoms with Gasteiger partial charge in [0.1, 0.15) is 6.10 Å². The van der Waals surface area contributed by atoms with Crippen molar-refractivity contribution in [2.24, 2.45) is 0 Å². The second kappa shape index (κ2) is 54.0. The van der Waals surface area contributed by atoms with Gasteiger partial charge in [-0.1, -0.05) is 250 Å². The summed E-state index contributed by atoms with van der Waals surface area (Å²) in [6, 6.07) is -0.706. The summed E-state index contributed by atoms with van der Waals surface area (Å²) in [5.41, 5.74) is 0. The average Bonchev–Trinajstić information content (AvgIpc) is 3.31. The topological polar surface area (TPSA) is 95.9 Å². The number of esters is 1. The summed E-state index contributed by atoms with van der Waals surface area (Å²) in [5.74, 6) is -0.478. The van der Waals surface area contributed by atoms with E-state index in [1.54, 1.807) is 0 Å². The highest BCUT2D eigenvalue weighted by Crippen LogP contribution is 2.18. The van der Waals surface area contributed by atoms with Gasteiger partial charge in [-0.2, -0.15) is 0 Å². The van der Waals surface area contributed by atoms with Crippen molar-refractivity contribution in [3.63, 3.8) is 0 Å². The first-order valence-electron chi connectivity index (χ1n) is 29.2. The molecule has 0 fully saturated rings. The van der Waals surface area contributed by atoms with Crippen LogP contribution in [0.3, 0.4) is 0 Å². The van der Waals surface area contributed by atoms with E-state index in [1.807, 2.05) is 0 Å². The van der Waals surface area contributed by atoms with Crippen molar-refractivity contribution in [2.45, 2.75) is 328 Å². The number of carbonyl (C=O) groups is 2. The second-order valence-electron chi connectivity index (χ2n) is 20.0. The first-order chi connectivity index (χ1) is 32.5. The van der Waals surface area contributed by atoms with E-state index >= 15 is 0 Å². The maximum atomic E-state index is 13.3. The number of amides is 1. The fourth-order valence-electron chi connectivity index (χ4n) is 8.99. The molecule has 1 amide bonds.